The van der Waals surface area contributed by atoms with E-state index in [0.717, 1.165) is 23.6 Å². The minimum atomic E-state index is -0.975. The highest BCUT2D eigenvalue weighted by molar-refractivity contribution is 5.89. The number of hydrogen-bond donors (Lipinski definition) is 2. The lowest BCUT2D eigenvalue weighted by molar-refractivity contribution is 0.143. The van der Waals surface area contributed by atoms with E-state index in [2.05, 4.69) is 32.4 Å². The Morgan fingerprint density at radius 3 is 2.90 bits per heavy atom. The number of aromatic nitrogens is 4. The van der Waals surface area contributed by atoms with Gasteiger partial charge >= 0.3 is 0 Å². The first-order valence-electron chi connectivity index (χ1n) is 9.85. The van der Waals surface area contributed by atoms with E-state index in [1.165, 1.54) is 0 Å². The molecule has 8 heteroatoms. The Morgan fingerprint density at radius 2 is 2.10 bits per heavy atom. The van der Waals surface area contributed by atoms with E-state index in [1.54, 1.807) is 29.6 Å². The Morgan fingerprint density at radius 1 is 1.24 bits per heavy atom. The van der Waals surface area contributed by atoms with Crippen molar-refractivity contribution < 1.29 is 9.50 Å². The normalized spacial score (nSPS) is 28.6. The second-order valence-corrected chi connectivity index (χ2v) is 8.41. The minimum Gasteiger partial charge on any atom is -0.507 e. The van der Waals surface area contributed by atoms with Crippen molar-refractivity contribution in [3.63, 3.8) is 0 Å². The lowest BCUT2D eigenvalue weighted by Crippen LogP contribution is -2.60. The number of anilines is 1. The fourth-order valence-corrected chi connectivity index (χ4v) is 4.69. The van der Waals surface area contributed by atoms with Crippen molar-refractivity contribution in [2.45, 2.75) is 50.0 Å². The van der Waals surface area contributed by atoms with Gasteiger partial charge in [-0.2, -0.15) is 0 Å². The summed E-state index contributed by atoms with van der Waals surface area (Å²) in [4.78, 5) is 10.3. The van der Waals surface area contributed by atoms with Gasteiger partial charge in [0.25, 0.3) is 0 Å². The monoisotopic (exact) mass is 394 g/mol. The van der Waals surface area contributed by atoms with E-state index in [4.69, 9.17) is 0 Å². The molecule has 150 valence electrons. The molecule has 2 fully saturated rings. The van der Waals surface area contributed by atoms with Crippen molar-refractivity contribution in [3.8, 4) is 17.0 Å². The van der Waals surface area contributed by atoms with Crippen LogP contribution in [0.4, 0.5) is 10.3 Å². The lowest BCUT2D eigenvalue weighted by atomic mass is 9.88. The third-order valence-electron chi connectivity index (χ3n) is 6.35. The van der Waals surface area contributed by atoms with Gasteiger partial charge in [0.15, 0.2) is 0 Å². The average molecular weight is 394 g/mol. The summed E-state index contributed by atoms with van der Waals surface area (Å²) < 4.78 is 15.0. The van der Waals surface area contributed by atoms with E-state index in [-0.39, 0.29) is 23.4 Å². The molecule has 7 nitrogen and oxygen atoms in total. The fraction of sp³-hybridized carbons (Fsp3) is 0.429. The number of halogens is 1. The summed E-state index contributed by atoms with van der Waals surface area (Å²) >= 11 is 0. The van der Waals surface area contributed by atoms with Gasteiger partial charge in [-0.25, -0.2) is 9.37 Å². The molecule has 4 atom stereocenters. The highest BCUT2D eigenvalue weighted by Crippen LogP contribution is 2.39. The molecule has 2 bridgehead atoms. The molecule has 0 saturated carbocycles. The summed E-state index contributed by atoms with van der Waals surface area (Å²) in [6.45, 7) is 2.15. The molecule has 2 aliphatic heterocycles. The number of pyridine rings is 1. The number of alkyl halides is 1. The zero-order valence-corrected chi connectivity index (χ0v) is 16.4. The molecule has 2 aromatic heterocycles. The summed E-state index contributed by atoms with van der Waals surface area (Å²) in [7, 11) is 1.82. The van der Waals surface area contributed by atoms with Crippen LogP contribution in [-0.2, 0) is 0 Å². The highest BCUT2D eigenvalue weighted by Gasteiger charge is 2.49. The molecule has 2 aliphatic rings. The number of aromatic hydroxyl groups is 1. The standard InChI is InChI=1S/C21H23FN6O/c1-21-5-3-15(25-21)19(22)17(9-21)28(2)20-24-11-16(26-27-20)14-7-12-4-6-23-10-13(12)8-18(14)29/h4,6-8,10-11,15,17,19,25,29H,3,5,9H2,1-2H3/t15-,17+,19+,21+/m1/s1. The number of piperidine rings is 1. The Kier molecular flexibility index (Phi) is 4.13. The third kappa shape index (κ3) is 3.07. The van der Waals surface area contributed by atoms with Crippen LogP contribution in [0.1, 0.15) is 26.2 Å². The van der Waals surface area contributed by atoms with Gasteiger partial charge in [-0.05, 0) is 49.8 Å². The molecule has 0 unspecified atom stereocenters. The van der Waals surface area contributed by atoms with Gasteiger partial charge in [0.1, 0.15) is 17.6 Å². The van der Waals surface area contributed by atoms with Gasteiger partial charge in [0, 0.05) is 42.0 Å². The zero-order valence-electron chi connectivity index (χ0n) is 16.4. The lowest BCUT2D eigenvalue weighted by Gasteiger charge is -2.42. The first kappa shape index (κ1) is 18.2. The second kappa shape index (κ2) is 6.59. The Labute approximate surface area is 168 Å². The van der Waals surface area contributed by atoms with Crippen molar-refractivity contribution >= 4 is 16.7 Å². The van der Waals surface area contributed by atoms with E-state index < -0.39 is 6.17 Å². The topological polar surface area (TPSA) is 87.1 Å². The molecule has 2 saturated heterocycles. The van der Waals surface area contributed by atoms with E-state index in [9.17, 15) is 9.50 Å². The van der Waals surface area contributed by atoms with Crippen LogP contribution >= 0.6 is 0 Å². The number of phenolic OH excluding ortho intramolecular Hbond substituents is 1. The highest BCUT2D eigenvalue weighted by atomic mass is 19.1. The van der Waals surface area contributed by atoms with E-state index >= 15 is 0 Å². The van der Waals surface area contributed by atoms with Gasteiger partial charge in [0.2, 0.25) is 5.95 Å². The molecule has 4 heterocycles. The zero-order chi connectivity index (χ0) is 20.2. The number of nitrogens with zero attached hydrogens (tertiary/aromatic N) is 5. The van der Waals surface area contributed by atoms with Crippen molar-refractivity contribution in [3.05, 3.63) is 36.8 Å². The predicted octanol–water partition coefficient (Wildman–Crippen LogP) is 2.85. The second-order valence-electron chi connectivity index (χ2n) is 8.41. The predicted molar refractivity (Wildman–Crippen MR) is 108 cm³/mol. The van der Waals surface area contributed by atoms with Crippen molar-refractivity contribution in [1.29, 1.82) is 0 Å². The van der Waals surface area contributed by atoms with Crippen LogP contribution in [0.2, 0.25) is 0 Å². The number of rotatable bonds is 3. The molecular formula is C21H23FN6O. The van der Waals surface area contributed by atoms with Crippen LogP contribution in [0.3, 0.4) is 0 Å². The first-order valence-corrected chi connectivity index (χ1v) is 9.85. The number of fused-ring (bicyclic) bond motifs is 3. The van der Waals surface area contributed by atoms with Crippen molar-refractivity contribution in [2.75, 3.05) is 11.9 Å². The van der Waals surface area contributed by atoms with Crippen molar-refractivity contribution in [2.24, 2.45) is 0 Å². The number of benzene rings is 1. The van der Waals surface area contributed by atoms with E-state index in [0.29, 0.717) is 23.6 Å². The molecule has 5 rings (SSSR count). The Bertz CT molecular complexity index is 1060. The summed E-state index contributed by atoms with van der Waals surface area (Å²) in [6, 6.07) is 4.96. The molecular weight excluding hydrogens is 371 g/mol. The van der Waals surface area contributed by atoms with Gasteiger partial charge in [-0.3, -0.25) is 4.98 Å². The van der Waals surface area contributed by atoms with Crippen LogP contribution in [0.5, 0.6) is 5.75 Å². The van der Waals surface area contributed by atoms with Crippen LogP contribution < -0.4 is 10.2 Å². The van der Waals surface area contributed by atoms with E-state index in [1.807, 2.05) is 19.2 Å². The smallest absolute Gasteiger partial charge is 0.245 e. The van der Waals surface area contributed by atoms with Crippen molar-refractivity contribution in [1.82, 2.24) is 25.5 Å². The van der Waals surface area contributed by atoms with Gasteiger partial charge in [0.05, 0.1) is 12.2 Å². The number of hydrogen-bond acceptors (Lipinski definition) is 7. The molecule has 1 aromatic carbocycles. The minimum absolute atomic E-state index is 0.0364. The van der Waals surface area contributed by atoms with Gasteiger partial charge < -0.3 is 15.3 Å². The first-order chi connectivity index (χ1) is 13.9. The summed E-state index contributed by atoms with van der Waals surface area (Å²) in [5.74, 6) is 0.477. The summed E-state index contributed by atoms with van der Waals surface area (Å²) in [6.07, 6.45) is 6.54. The molecule has 0 amide bonds. The molecule has 0 spiro atoms. The Balaban J connectivity index is 1.42. The molecule has 0 radical (unpaired) electrons. The van der Waals surface area contributed by atoms with Crippen LogP contribution in [0, 0.1) is 0 Å². The summed E-state index contributed by atoms with van der Waals surface area (Å²) in [5, 5.41) is 24.1. The van der Waals surface area contributed by atoms with Crippen LogP contribution in [0.15, 0.2) is 36.8 Å². The SMILES string of the molecule is CN(c1ncc(-c2cc3ccncc3cc2O)nn1)[C@H]1C[C@]2(C)CC[C@@H](N2)[C@@H]1F. The van der Waals surface area contributed by atoms with Crippen LogP contribution in [-0.4, -0.2) is 56.1 Å². The fourth-order valence-electron chi connectivity index (χ4n) is 4.69. The quantitative estimate of drug-likeness (QED) is 0.706. The molecule has 29 heavy (non-hydrogen) atoms. The van der Waals surface area contributed by atoms with Gasteiger partial charge in [-0.15, -0.1) is 10.2 Å². The molecule has 3 aromatic rings. The molecule has 2 N–H and O–H groups in total. The number of nitrogens with one attached hydrogen (secondary N) is 1. The maximum atomic E-state index is 15.0. The maximum Gasteiger partial charge on any atom is 0.245 e. The third-order valence-corrected chi connectivity index (χ3v) is 6.35. The summed E-state index contributed by atoms with van der Waals surface area (Å²) in [5.41, 5.74) is 0.979. The largest absolute Gasteiger partial charge is 0.507 e. The molecule has 0 aliphatic carbocycles. The van der Waals surface area contributed by atoms with Gasteiger partial charge in [-0.1, -0.05) is 0 Å². The van der Waals surface area contributed by atoms with Crippen LogP contribution in [0.25, 0.3) is 22.0 Å². The maximum absolute atomic E-state index is 15.0. The Hall–Kier alpha value is -2.87. The number of phenols is 1. The average Bonchev–Trinajstić information content (AvgIpc) is 3.07.